The molecule has 1 heterocycles. The van der Waals surface area contributed by atoms with Gasteiger partial charge in [-0.1, -0.05) is 0 Å². The maximum atomic E-state index is 11.5. The molecule has 2 aliphatic rings. The Labute approximate surface area is 97.1 Å². The highest BCUT2D eigenvalue weighted by molar-refractivity contribution is 5.77. The van der Waals surface area contributed by atoms with Crippen molar-refractivity contribution in [1.82, 2.24) is 10.6 Å². The molecule has 0 radical (unpaired) electrons. The third-order valence-electron chi connectivity index (χ3n) is 3.76. The molecule has 1 unspecified atom stereocenters. The van der Waals surface area contributed by atoms with Crippen LogP contribution >= 0.6 is 0 Å². The molecule has 0 aromatic heterocycles. The van der Waals surface area contributed by atoms with Crippen LogP contribution in [0.3, 0.4) is 0 Å². The average molecular weight is 226 g/mol. The molecule has 1 aliphatic carbocycles. The Hall–Kier alpha value is -0.610. The van der Waals surface area contributed by atoms with E-state index in [1.807, 2.05) is 6.92 Å². The SMILES string of the molecule is CCOCC(=O)NC1CC[C@H]2CNC[C@H]2C1. The lowest BCUT2D eigenvalue weighted by molar-refractivity contribution is -0.126. The summed E-state index contributed by atoms with van der Waals surface area (Å²) in [4.78, 5) is 11.5. The summed E-state index contributed by atoms with van der Waals surface area (Å²) in [6, 6.07) is 0.370. The Morgan fingerprint density at radius 1 is 1.38 bits per heavy atom. The minimum Gasteiger partial charge on any atom is -0.372 e. The zero-order chi connectivity index (χ0) is 11.4. The molecule has 1 amide bonds. The van der Waals surface area contributed by atoms with Gasteiger partial charge in [0.25, 0.3) is 0 Å². The molecule has 2 fully saturated rings. The number of ether oxygens (including phenoxy) is 1. The number of carbonyl (C=O) groups is 1. The van der Waals surface area contributed by atoms with E-state index in [9.17, 15) is 4.79 Å². The van der Waals surface area contributed by atoms with E-state index < -0.39 is 0 Å². The molecule has 92 valence electrons. The lowest BCUT2D eigenvalue weighted by atomic mass is 9.79. The number of hydrogen-bond acceptors (Lipinski definition) is 3. The monoisotopic (exact) mass is 226 g/mol. The van der Waals surface area contributed by atoms with Gasteiger partial charge in [-0.25, -0.2) is 0 Å². The normalized spacial score (nSPS) is 33.4. The van der Waals surface area contributed by atoms with Crippen molar-refractivity contribution in [3.05, 3.63) is 0 Å². The summed E-state index contributed by atoms with van der Waals surface area (Å²) in [6.07, 6.45) is 3.51. The van der Waals surface area contributed by atoms with Crippen LogP contribution in [-0.2, 0) is 9.53 Å². The molecule has 1 saturated heterocycles. The van der Waals surface area contributed by atoms with Crippen LogP contribution in [0.15, 0.2) is 0 Å². The standard InChI is InChI=1S/C12H22N2O2/c1-2-16-8-12(15)14-11-4-3-9-6-13-7-10(9)5-11/h9-11,13H,2-8H2,1H3,(H,14,15)/t9-,10+,11?/m0/s1. The molecule has 4 heteroatoms. The Bertz CT molecular complexity index is 245. The van der Waals surface area contributed by atoms with Crippen LogP contribution in [0.25, 0.3) is 0 Å². The summed E-state index contributed by atoms with van der Waals surface area (Å²) >= 11 is 0. The fourth-order valence-corrected chi connectivity index (χ4v) is 2.89. The number of hydrogen-bond donors (Lipinski definition) is 2. The van der Waals surface area contributed by atoms with E-state index in [4.69, 9.17) is 4.74 Å². The molecule has 3 atom stereocenters. The van der Waals surface area contributed by atoms with E-state index >= 15 is 0 Å². The van der Waals surface area contributed by atoms with Crippen LogP contribution in [0, 0.1) is 11.8 Å². The van der Waals surface area contributed by atoms with Gasteiger partial charge in [-0.05, 0) is 51.1 Å². The summed E-state index contributed by atoms with van der Waals surface area (Å²) in [5.41, 5.74) is 0. The lowest BCUT2D eigenvalue weighted by Gasteiger charge is -2.31. The van der Waals surface area contributed by atoms with Gasteiger partial charge in [0.05, 0.1) is 0 Å². The zero-order valence-corrected chi connectivity index (χ0v) is 10.00. The van der Waals surface area contributed by atoms with E-state index in [1.165, 1.54) is 13.0 Å². The predicted molar refractivity (Wildman–Crippen MR) is 62.1 cm³/mol. The summed E-state index contributed by atoms with van der Waals surface area (Å²) < 4.78 is 5.10. The minimum absolute atomic E-state index is 0.0382. The number of rotatable bonds is 4. The van der Waals surface area contributed by atoms with Gasteiger partial charge >= 0.3 is 0 Å². The first-order valence-electron chi connectivity index (χ1n) is 6.37. The average Bonchev–Trinajstić information content (AvgIpc) is 2.73. The van der Waals surface area contributed by atoms with Crippen molar-refractivity contribution in [3.63, 3.8) is 0 Å². The van der Waals surface area contributed by atoms with Gasteiger partial charge in [0.2, 0.25) is 5.91 Å². The fourth-order valence-electron chi connectivity index (χ4n) is 2.89. The fraction of sp³-hybridized carbons (Fsp3) is 0.917. The maximum Gasteiger partial charge on any atom is 0.246 e. The van der Waals surface area contributed by atoms with E-state index in [2.05, 4.69) is 10.6 Å². The molecule has 2 N–H and O–H groups in total. The summed E-state index contributed by atoms with van der Waals surface area (Å²) in [6.45, 7) is 5.02. The maximum absolute atomic E-state index is 11.5. The number of carbonyl (C=O) groups excluding carboxylic acids is 1. The Kier molecular flexibility index (Phi) is 4.18. The Balaban J connectivity index is 1.72. The van der Waals surface area contributed by atoms with Crippen LogP contribution in [0.1, 0.15) is 26.2 Å². The molecule has 0 bridgehead atoms. The van der Waals surface area contributed by atoms with Crippen LogP contribution in [-0.4, -0.2) is 38.3 Å². The molecular formula is C12H22N2O2. The highest BCUT2D eigenvalue weighted by atomic mass is 16.5. The summed E-state index contributed by atoms with van der Waals surface area (Å²) in [7, 11) is 0. The predicted octanol–water partition coefficient (Wildman–Crippen LogP) is 0.527. The van der Waals surface area contributed by atoms with Gasteiger partial charge in [0.15, 0.2) is 0 Å². The van der Waals surface area contributed by atoms with Crippen molar-refractivity contribution < 1.29 is 9.53 Å². The first-order valence-corrected chi connectivity index (χ1v) is 6.37. The summed E-state index contributed by atoms with van der Waals surface area (Å²) in [5.74, 6) is 1.66. The van der Waals surface area contributed by atoms with Crippen LogP contribution in [0.4, 0.5) is 0 Å². The van der Waals surface area contributed by atoms with Crippen molar-refractivity contribution >= 4 is 5.91 Å². The zero-order valence-electron chi connectivity index (χ0n) is 10.00. The van der Waals surface area contributed by atoms with Gasteiger partial charge in [0, 0.05) is 12.6 Å². The number of nitrogens with one attached hydrogen (secondary N) is 2. The van der Waals surface area contributed by atoms with Crippen LogP contribution < -0.4 is 10.6 Å². The van der Waals surface area contributed by atoms with Gasteiger partial charge < -0.3 is 15.4 Å². The second-order valence-electron chi connectivity index (χ2n) is 4.89. The van der Waals surface area contributed by atoms with Crippen molar-refractivity contribution in [3.8, 4) is 0 Å². The third-order valence-corrected chi connectivity index (χ3v) is 3.76. The van der Waals surface area contributed by atoms with Gasteiger partial charge in [-0.15, -0.1) is 0 Å². The van der Waals surface area contributed by atoms with Gasteiger partial charge in [0.1, 0.15) is 6.61 Å². The van der Waals surface area contributed by atoms with Crippen molar-refractivity contribution in [2.24, 2.45) is 11.8 Å². The summed E-state index contributed by atoms with van der Waals surface area (Å²) in [5, 5.41) is 6.51. The highest BCUT2D eigenvalue weighted by Crippen LogP contribution is 2.32. The third kappa shape index (κ3) is 2.95. The first-order chi connectivity index (χ1) is 7.79. The second kappa shape index (κ2) is 5.64. The van der Waals surface area contributed by atoms with Crippen molar-refractivity contribution in [1.29, 1.82) is 0 Å². The molecule has 0 spiro atoms. The molecule has 2 rings (SSSR count). The minimum atomic E-state index is 0.0382. The molecule has 16 heavy (non-hydrogen) atoms. The van der Waals surface area contributed by atoms with E-state index in [0.717, 1.165) is 31.2 Å². The largest absolute Gasteiger partial charge is 0.372 e. The van der Waals surface area contributed by atoms with Gasteiger partial charge in [-0.3, -0.25) is 4.79 Å². The molecule has 1 aliphatic heterocycles. The molecule has 1 saturated carbocycles. The smallest absolute Gasteiger partial charge is 0.246 e. The molecule has 0 aromatic rings. The molecule has 4 nitrogen and oxygen atoms in total. The second-order valence-corrected chi connectivity index (χ2v) is 4.89. The topological polar surface area (TPSA) is 50.4 Å². The quantitative estimate of drug-likeness (QED) is 0.735. The lowest BCUT2D eigenvalue weighted by Crippen LogP contribution is -2.42. The Morgan fingerprint density at radius 2 is 2.19 bits per heavy atom. The van der Waals surface area contributed by atoms with E-state index in [1.54, 1.807) is 0 Å². The van der Waals surface area contributed by atoms with Crippen LogP contribution in [0.5, 0.6) is 0 Å². The first kappa shape index (κ1) is 11.9. The highest BCUT2D eigenvalue weighted by Gasteiger charge is 2.34. The number of fused-ring (bicyclic) bond motifs is 1. The number of amides is 1. The molecule has 0 aromatic carbocycles. The van der Waals surface area contributed by atoms with Gasteiger partial charge in [-0.2, -0.15) is 0 Å². The van der Waals surface area contributed by atoms with Crippen LogP contribution in [0.2, 0.25) is 0 Å². The molecular weight excluding hydrogens is 204 g/mol. The van der Waals surface area contributed by atoms with Crippen molar-refractivity contribution in [2.45, 2.75) is 32.2 Å². The van der Waals surface area contributed by atoms with E-state index in [-0.39, 0.29) is 12.5 Å². The van der Waals surface area contributed by atoms with Crippen molar-refractivity contribution in [2.75, 3.05) is 26.3 Å². The van der Waals surface area contributed by atoms with E-state index in [0.29, 0.717) is 12.6 Å². The Morgan fingerprint density at radius 3 is 3.00 bits per heavy atom.